The quantitative estimate of drug-likeness (QED) is 0.622. The van der Waals surface area contributed by atoms with Gasteiger partial charge in [-0.05, 0) is 23.5 Å². The third-order valence-corrected chi connectivity index (χ3v) is 5.54. The third-order valence-electron chi connectivity index (χ3n) is 2.41. The highest BCUT2D eigenvalue weighted by atomic mass is 31.1. The lowest BCUT2D eigenvalue weighted by atomic mass is 10.2. The molecule has 0 aliphatic heterocycles. The molecule has 72 valence electrons. The summed E-state index contributed by atoms with van der Waals surface area (Å²) < 4.78 is 0. The number of benzene rings is 1. The van der Waals surface area contributed by atoms with E-state index in [0.717, 1.165) is 0 Å². The fraction of sp³-hybridized carbons (Fsp3) is 0.500. The first-order valence-electron chi connectivity index (χ1n) is 4.75. The summed E-state index contributed by atoms with van der Waals surface area (Å²) in [6, 6.07) is 10.8. The molecule has 1 atom stereocenters. The van der Waals surface area contributed by atoms with E-state index in [-0.39, 0.29) is 7.92 Å². The van der Waals surface area contributed by atoms with Gasteiger partial charge in [-0.2, -0.15) is 0 Å². The third kappa shape index (κ3) is 3.48. The topological polar surface area (TPSA) is 0 Å². The van der Waals surface area contributed by atoms with Gasteiger partial charge in [-0.1, -0.05) is 59.0 Å². The molecule has 0 saturated carbocycles. The van der Waals surface area contributed by atoms with Crippen LogP contribution in [0.3, 0.4) is 0 Å². The summed E-state index contributed by atoms with van der Waals surface area (Å²) >= 11 is 0. The van der Waals surface area contributed by atoms with Crippen molar-refractivity contribution in [1.82, 2.24) is 0 Å². The van der Waals surface area contributed by atoms with Gasteiger partial charge in [0.25, 0.3) is 0 Å². The fourth-order valence-corrected chi connectivity index (χ4v) is 2.33. The van der Waals surface area contributed by atoms with E-state index in [2.05, 4.69) is 57.8 Å². The summed E-state index contributed by atoms with van der Waals surface area (Å²) in [4.78, 5) is 0. The Balaban J connectivity index is 2.61. The second kappa shape index (κ2) is 4.24. The predicted molar refractivity (Wildman–Crippen MR) is 62.7 cm³/mol. The second-order valence-corrected chi connectivity index (χ2v) is 7.57. The molecule has 1 heteroatoms. The van der Waals surface area contributed by atoms with E-state index in [9.17, 15) is 0 Å². The van der Waals surface area contributed by atoms with Crippen molar-refractivity contribution in [2.75, 3.05) is 6.66 Å². The largest absolute Gasteiger partial charge is 0.0999 e. The van der Waals surface area contributed by atoms with Crippen molar-refractivity contribution in [3.63, 3.8) is 0 Å². The molecule has 1 aromatic carbocycles. The lowest BCUT2D eigenvalue weighted by molar-refractivity contribution is 0.782. The molecule has 0 unspecified atom stereocenters. The molecule has 0 radical (unpaired) electrons. The van der Waals surface area contributed by atoms with Crippen LogP contribution < -0.4 is 0 Å². The van der Waals surface area contributed by atoms with E-state index in [1.54, 1.807) is 0 Å². The van der Waals surface area contributed by atoms with Gasteiger partial charge in [0.1, 0.15) is 0 Å². The van der Waals surface area contributed by atoms with E-state index in [1.165, 1.54) is 11.7 Å². The molecule has 1 aromatic rings. The summed E-state index contributed by atoms with van der Waals surface area (Å²) in [7, 11) is 0.102. The Morgan fingerprint density at radius 1 is 1.08 bits per heavy atom. The van der Waals surface area contributed by atoms with Crippen molar-refractivity contribution in [2.24, 2.45) is 0 Å². The van der Waals surface area contributed by atoms with E-state index in [0.29, 0.717) is 5.16 Å². The minimum absolute atomic E-state index is 0.102. The zero-order chi connectivity index (χ0) is 9.90. The van der Waals surface area contributed by atoms with E-state index in [1.807, 2.05) is 0 Å². The summed E-state index contributed by atoms with van der Waals surface area (Å²) in [5, 5.41) is 0.477. The maximum atomic E-state index is 2.39. The van der Waals surface area contributed by atoms with Gasteiger partial charge in [0.2, 0.25) is 0 Å². The van der Waals surface area contributed by atoms with Crippen LogP contribution in [0.25, 0.3) is 0 Å². The molecule has 0 amide bonds. The van der Waals surface area contributed by atoms with Crippen LogP contribution in [-0.4, -0.2) is 11.8 Å². The predicted octanol–water partition coefficient (Wildman–Crippen LogP) is 4.10. The molecule has 0 aromatic heterocycles. The van der Waals surface area contributed by atoms with Gasteiger partial charge in [0.05, 0.1) is 0 Å². The molecular formula is C12H19P. The monoisotopic (exact) mass is 194 g/mol. The van der Waals surface area contributed by atoms with Crippen LogP contribution in [0.2, 0.25) is 0 Å². The Labute approximate surface area is 83.1 Å². The van der Waals surface area contributed by atoms with Crippen molar-refractivity contribution in [1.29, 1.82) is 0 Å². The van der Waals surface area contributed by atoms with Gasteiger partial charge in [0, 0.05) is 0 Å². The first kappa shape index (κ1) is 10.7. The SMILES string of the molecule is C[P@](Cc1ccccc1)C(C)(C)C. The van der Waals surface area contributed by atoms with Gasteiger partial charge in [0.15, 0.2) is 0 Å². The Hall–Kier alpha value is -0.350. The maximum Gasteiger partial charge on any atom is -0.00709 e. The number of hydrogen-bond donors (Lipinski definition) is 0. The number of rotatable bonds is 2. The zero-order valence-electron chi connectivity index (χ0n) is 9.04. The average molecular weight is 194 g/mol. The molecule has 0 spiro atoms. The normalized spacial score (nSPS) is 14.2. The molecule has 0 bridgehead atoms. The van der Waals surface area contributed by atoms with E-state index in [4.69, 9.17) is 0 Å². The molecule has 0 N–H and O–H groups in total. The highest BCUT2D eigenvalue weighted by Crippen LogP contribution is 2.48. The van der Waals surface area contributed by atoms with Crippen molar-refractivity contribution < 1.29 is 0 Å². The van der Waals surface area contributed by atoms with Crippen LogP contribution in [0.5, 0.6) is 0 Å². The van der Waals surface area contributed by atoms with Crippen molar-refractivity contribution in [3.05, 3.63) is 35.9 Å². The maximum absolute atomic E-state index is 2.39. The van der Waals surface area contributed by atoms with Crippen molar-refractivity contribution in [3.8, 4) is 0 Å². The smallest absolute Gasteiger partial charge is 0.00709 e. The summed E-state index contributed by atoms with van der Waals surface area (Å²) in [6.07, 6.45) is 1.25. The highest BCUT2D eigenvalue weighted by Gasteiger charge is 2.18. The van der Waals surface area contributed by atoms with Crippen molar-refractivity contribution in [2.45, 2.75) is 32.1 Å². The molecule has 13 heavy (non-hydrogen) atoms. The lowest BCUT2D eigenvalue weighted by Gasteiger charge is -2.27. The minimum atomic E-state index is 0.102. The van der Waals surface area contributed by atoms with Crippen LogP contribution in [0.15, 0.2) is 30.3 Å². The van der Waals surface area contributed by atoms with Crippen molar-refractivity contribution >= 4 is 7.92 Å². The standard InChI is InChI=1S/C12H19P/c1-12(2,3)13(4)10-11-8-6-5-7-9-11/h5-9H,10H2,1-4H3/t13-/m1/s1. The molecule has 0 aliphatic carbocycles. The Morgan fingerprint density at radius 2 is 1.62 bits per heavy atom. The zero-order valence-corrected chi connectivity index (χ0v) is 9.94. The van der Waals surface area contributed by atoms with Gasteiger partial charge in [-0.3, -0.25) is 0 Å². The van der Waals surface area contributed by atoms with Gasteiger partial charge in [-0.25, -0.2) is 0 Å². The van der Waals surface area contributed by atoms with Gasteiger partial charge >= 0.3 is 0 Å². The highest BCUT2D eigenvalue weighted by molar-refractivity contribution is 7.57. The van der Waals surface area contributed by atoms with Crippen LogP contribution >= 0.6 is 7.92 Å². The fourth-order valence-electron chi connectivity index (χ4n) is 1.09. The molecule has 0 saturated heterocycles. The van der Waals surface area contributed by atoms with Crippen LogP contribution in [0.1, 0.15) is 26.3 Å². The van der Waals surface area contributed by atoms with Gasteiger partial charge in [-0.15, -0.1) is 0 Å². The van der Waals surface area contributed by atoms with E-state index < -0.39 is 0 Å². The Kier molecular flexibility index (Phi) is 3.50. The molecule has 0 nitrogen and oxygen atoms in total. The summed E-state index contributed by atoms with van der Waals surface area (Å²) in [5.74, 6) is 0. The molecule has 1 rings (SSSR count). The molecule has 0 heterocycles. The molecule has 0 aliphatic rings. The van der Waals surface area contributed by atoms with Crippen LogP contribution in [0, 0.1) is 0 Å². The Morgan fingerprint density at radius 3 is 2.08 bits per heavy atom. The van der Waals surface area contributed by atoms with Crippen LogP contribution in [-0.2, 0) is 6.16 Å². The molecular weight excluding hydrogens is 175 g/mol. The summed E-state index contributed by atoms with van der Waals surface area (Å²) in [5.41, 5.74) is 1.48. The minimum Gasteiger partial charge on any atom is -0.0999 e. The van der Waals surface area contributed by atoms with E-state index >= 15 is 0 Å². The Bertz CT molecular complexity index is 246. The average Bonchev–Trinajstić information content (AvgIpc) is 2.04. The first-order valence-corrected chi connectivity index (χ1v) is 6.73. The molecule has 0 fully saturated rings. The summed E-state index contributed by atoms with van der Waals surface area (Å²) in [6.45, 7) is 9.40. The van der Waals surface area contributed by atoms with Gasteiger partial charge < -0.3 is 0 Å². The second-order valence-electron chi connectivity index (χ2n) is 4.51. The van der Waals surface area contributed by atoms with Crippen LogP contribution in [0.4, 0.5) is 0 Å². The first-order chi connectivity index (χ1) is 6.00. The lowest BCUT2D eigenvalue weighted by Crippen LogP contribution is -2.11. The number of hydrogen-bond acceptors (Lipinski definition) is 0.